The second-order valence-corrected chi connectivity index (χ2v) is 6.48. The third-order valence-corrected chi connectivity index (χ3v) is 4.89. The summed E-state index contributed by atoms with van der Waals surface area (Å²) in [7, 11) is 0. The van der Waals surface area contributed by atoms with Crippen molar-refractivity contribution in [3.63, 3.8) is 0 Å². The van der Waals surface area contributed by atoms with Crippen LogP contribution >= 0.6 is 0 Å². The van der Waals surface area contributed by atoms with Crippen molar-refractivity contribution in [3.8, 4) is 0 Å². The van der Waals surface area contributed by atoms with Crippen LogP contribution in [0.4, 0.5) is 4.39 Å². The second kappa shape index (κ2) is 7.11. The molecule has 1 heterocycles. The molecule has 124 valence electrons. The van der Waals surface area contributed by atoms with Crippen LogP contribution in [0.15, 0.2) is 29.4 Å². The molecule has 0 radical (unpaired) electrons. The zero-order valence-corrected chi connectivity index (χ0v) is 13.4. The molecular formula is C18H23FN2O2. The molecule has 1 amide bonds. The Bertz CT molecular complexity index is 594. The van der Waals surface area contributed by atoms with Gasteiger partial charge < -0.3 is 10.2 Å². The van der Waals surface area contributed by atoms with Gasteiger partial charge in [-0.2, -0.15) is 0 Å². The summed E-state index contributed by atoms with van der Waals surface area (Å²) in [5.41, 5.74) is 1.29. The first-order valence-corrected chi connectivity index (χ1v) is 8.44. The van der Waals surface area contributed by atoms with Crippen molar-refractivity contribution in [2.24, 2.45) is 11.1 Å². The Morgan fingerprint density at radius 3 is 2.83 bits per heavy atom. The van der Waals surface area contributed by atoms with E-state index in [-0.39, 0.29) is 17.8 Å². The highest BCUT2D eigenvalue weighted by atomic mass is 19.1. The number of carbonyl (C=O) groups excluding carboxylic acids is 1. The molecule has 23 heavy (non-hydrogen) atoms. The number of benzene rings is 1. The van der Waals surface area contributed by atoms with E-state index < -0.39 is 6.10 Å². The van der Waals surface area contributed by atoms with Gasteiger partial charge in [0.2, 0.25) is 6.10 Å². The zero-order chi connectivity index (χ0) is 16.2. The average molecular weight is 318 g/mol. The van der Waals surface area contributed by atoms with E-state index in [2.05, 4.69) is 17.4 Å². The van der Waals surface area contributed by atoms with Crippen LogP contribution < -0.4 is 5.32 Å². The topological polar surface area (TPSA) is 50.7 Å². The van der Waals surface area contributed by atoms with Crippen LogP contribution in [0.2, 0.25) is 0 Å². The molecule has 3 rings (SSSR count). The Morgan fingerprint density at radius 1 is 1.35 bits per heavy atom. The summed E-state index contributed by atoms with van der Waals surface area (Å²) < 4.78 is 13.3. The summed E-state index contributed by atoms with van der Waals surface area (Å²) in [6.45, 7) is 2.22. The fraction of sp³-hybridized carbons (Fsp3) is 0.556. The molecule has 0 saturated heterocycles. The zero-order valence-electron chi connectivity index (χ0n) is 13.4. The molecule has 2 aliphatic rings. The van der Waals surface area contributed by atoms with Gasteiger partial charge in [-0.05, 0) is 43.7 Å². The summed E-state index contributed by atoms with van der Waals surface area (Å²) >= 11 is 0. The summed E-state index contributed by atoms with van der Waals surface area (Å²) in [4.78, 5) is 17.6. The maximum atomic E-state index is 13.3. The van der Waals surface area contributed by atoms with Crippen molar-refractivity contribution in [1.82, 2.24) is 5.32 Å². The molecule has 1 saturated carbocycles. The maximum Gasteiger partial charge on any atom is 0.264 e. The van der Waals surface area contributed by atoms with Gasteiger partial charge in [-0.15, -0.1) is 0 Å². The van der Waals surface area contributed by atoms with E-state index in [1.165, 1.54) is 31.4 Å². The number of amides is 1. The van der Waals surface area contributed by atoms with Crippen molar-refractivity contribution >= 4 is 11.6 Å². The quantitative estimate of drug-likeness (QED) is 0.925. The number of hydrogen-bond donors (Lipinski definition) is 1. The summed E-state index contributed by atoms with van der Waals surface area (Å²) in [6.07, 6.45) is 5.44. The van der Waals surface area contributed by atoms with E-state index in [0.29, 0.717) is 17.7 Å². The molecule has 1 aromatic carbocycles. The maximum absolute atomic E-state index is 13.3. The normalized spacial score (nSPS) is 27.2. The Kier molecular flexibility index (Phi) is 4.94. The lowest BCUT2D eigenvalue weighted by molar-refractivity contribution is -0.132. The van der Waals surface area contributed by atoms with Gasteiger partial charge in [0.25, 0.3) is 5.91 Å². The monoisotopic (exact) mass is 318 g/mol. The molecule has 0 aromatic heterocycles. The molecule has 1 unspecified atom stereocenters. The summed E-state index contributed by atoms with van der Waals surface area (Å²) in [5, 5.41) is 7.03. The van der Waals surface area contributed by atoms with E-state index in [4.69, 9.17) is 4.84 Å². The van der Waals surface area contributed by atoms with Crippen LogP contribution in [0.5, 0.6) is 0 Å². The standard InChI is InChI=1S/C18H23FN2O2/c1-2-12-6-8-15(9-7-12)20-18(22)17-11-16(21-23-17)13-4-3-5-14(19)10-13/h3-5,10,12,15,17H,2,6-9,11H2,1H3,(H,20,22). The lowest BCUT2D eigenvalue weighted by Gasteiger charge is -2.28. The minimum atomic E-state index is -0.600. The van der Waals surface area contributed by atoms with Crippen molar-refractivity contribution < 1.29 is 14.0 Å². The highest BCUT2D eigenvalue weighted by Gasteiger charge is 2.31. The first kappa shape index (κ1) is 16.0. The molecule has 1 fully saturated rings. The lowest BCUT2D eigenvalue weighted by Crippen LogP contribution is -2.43. The highest BCUT2D eigenvalue weighted by molar-refractivity contribution is 6.04. The first-order valence-electron chi connectivity index (χ1n) is 8.44. The number of rotatable bonds is 4. The van der Waals surface area contributed by atoms with Crippen LogP contribution in [-0.4, -0.2) is 23.8 Å². The Hall–Kier alpha value is -1.91. The second-order valence-electron chi connectivity index (χ2n) is 6.48. The molecule has 0 bridgehead atoms. The number of hydrogen-bond acceptors (Lipinski definition) is 3. The van der Waals surface area contributed by atoms with Gasteiger partial charge in [0.1, 0.15) is 5.82 Å². The van der Waals surface area contributed by atoms with Crippen LogP contribution in [0.25, 0.3) is 0 Å². The van der Waals surface area contributed by atoms with E-state index in [1.807, 2.05) is 0 Å². The van der Waals surface area contributed by atoms with Crippen molar-refractivity contribution in [2.75, 3.05) is 0 Å². The third-order valence-electron chi connectivity index (χ3n) is 4.89. The molecule has 4 nitrogen and oxygen atoms in total. The molecule has 1 atom stereocenters. The van der Waals surface area contributed by atoms with Crippen molar-refractivity contribution in [1.29, 1.82) is 0 Å². The fourth-order valence-corrected chi connectivity index (χ4v) is 3.37. The van der Waals surface area contributed by atoms with E-state index in [0.717, 1.165) is 18.8 Å². The average Bonchev–Trinajstić information content (AvgIpc) is 3.06. The Labute approximate surface area is 136 Å². The largest absolute Gasteiger partial charge is 0.382 e. The predicted octanol–water partition coefficient (Wildman–Crippen LogP) is 3.40. The molecule has 1 N–H and O–H groups in total. The van der Waals surface area contributed by atoms with Crippen LogP contribution in [0, 0.1) is 11.7 Å². The smallest absolute Gasteiger partial charge is 0.264 e. The van der Waals surface area contributed by atoms with Crippen LogP contribution in [0.3, 0.4) is 0 Å². The van der Waals surface area contributed by atoms with E-state index in [9.17, 15) is 9.18 Å². The SMILES string of the molecule is CCC1CCC(NC(=O)C2CC(c3cccc(F)c3)=NO2)CC1. The summed E-state index contributed by atoms with van der Waals surface area (Å²) in [5.74, 6) is 0.375. The molecule has 0 spiro atoms. The van der Waals surface area contributed by atoms with E-state index >= 15 is 0 Å². The lowest BCUT2D eigenvalue weighted by atomic mass is 9.84. The Morgan fingerprint density at radius 2 is 2.13 bits per heavy atom. The molecule has 5 heteroatoms. The molecule has 1 aliphatic heterocycles. The third kappa shape index (κ3) is 3.89. The molecule has 1 aromatic rings. The van der Waals surface area contributed by atoms with Gasteiger partial charge in [0.15, 0.2) is 0 Å². The van der Waals surface area contributed by atoms with Crippen molar-refractivity contribution in [3.05, 3.63) is 35.6 Å². The first-order chi connectivity index (χ1) is 11.2. The number of carbonyl (C=O) groups is 1. The minimum Gasteiger partial charge on any atom is -0.382 e. The fourth-order valence-electron chi connectivity index (χ4n) is 3.37. The van der Waals surface area contributed by atoms with Crippen LogP contribution in [-0.2, 0) is 9.63 Å². The number of oxime groups is 1. The molecule has 1 aliphatic carbocycles. The van der Waals surface area contributed by atoms with Gasteiger partial charge in [0, 0.05) is 18.0 Å². The number of nitrogens with one attached hydrogen (secondary N) is 1. The summed E-state index contributed by atoms with van der Waals surface area (Å²) in [6, 6.07) is 6.45. The van der Waals surface area contributed by atoms with Gasteiger partial charge in [0.05, 0.1) is 5.71 Å². The van der Waals surface area contributed by atoms with Gasteiger partial charge in [-0.25, -0.2) is 4.39 Å². The number of nitrogens with zero attached hydrogens (tertiary/aromatic N) is 1. The van der Waals surface area contributed by atoms with Gasteiger partial charge in [-0.1, -0.05) is 30.6 Å². The van der Waals surface area contributed by atoms with Gasteiger partial charge in [-0.3, -0.25) is 4.79 Å². The van der Waals surface area contributed by atoms with Crippen molar-refractivity contribution in [2.45, 2.75) is 57.6 Å². The Balaban J connectivity index is 1.51. The van der Waals surface area contributed by atoms with Crippen LogP contribution in [0.1, 0.15) is 51.0 Å². The predicted molar refractivity (Wildman–Crippen MR) is 86.6 cm³/mol. The van der Waals surface area contributed by atoms with Gasteiger partial charge >= 0.3 is 0 Å². The van der Waals surface area contributed by atoms with E-state index in [1.54, 1.807) is 12.1 Å². The highest BCUT2D eigenvalue weighted by Crippen LogP contribution is 2.27. The number of halogens is 1. The molecular weight excluding hydrogens is 295 g/mol. The minimum absolute atomic E-state index is 0.111.